The van der Waals surface area contributed by atoms with Crippen LogP contribution in [0.15, 0.2) is 442 Å². The maximum absolute atomic E-state index is 15.0. The number of fused-ring (bicyclic) bond motifs is 9. The zero-order chi connectivity index (χ0) is 78.9. The van der Waals surface area contributed by atoms with Crippen LogP contribution in [0.4, 0.5) is 0 Å². The van der Waals surface area contributed by atoms with Gasteiger partial charge in [0.25, 0.3) is 0 Å². The number of nitrogens with zero attached hydrogens (tertiary/aromatic N) is 9. The third-order valence-corrected chi connectivity index (χ3v) is 33.6. The second kappa shape index (κ2) is 32.8. The smallest absolute Gasteiger partial charge is 0.171 e. The molecule has 7 heterocycles. The van der Waals surface area contributed by atoms with E-state index in [0.29, 0.717) is 17.5 Å². The van der Waals surface area contributed by atoms with Gasteiger partial charge in [0.15, 0.2) is 31.8 Å². The summed E-state index contributed by atoms with van der Waals surface area (Å²) in [6.07, 6.45) is 0. The quantitative estimate of drug-likeness (QED) is 0.107. The van der Waals surface area contributed by atoms with Crippen LogP contribution in [-0.4, -0.2) is 44.9 Å². The Bertz CT molecular complexity index is 7030. The second-order valence-corrected chi connectivity index (χ2v) is 39.4. The van der Waals surface area contributed by atoms with Crippen molar-refractivity contribution in [2.24, 2.45) is 0 Å². The van der Waals surface area contributed by atoms with Crippen molar-refractivity contribution in [3.8, 4) is 67.5 Å². The summed E-state index contributed by atoms with van der Waals surface area (Å²) in [4.78, 5) is 51.3. The minimum absolute atomic E-state index is 0.638. The van der Waals surface area contributed by atoms with E-state index in [1.54, 1.807) is 70.6 Å². The average molecular weight is 1670 g/mol. The Morgan fingerprint density at radius 1 is 0.178 bits per heavy atom. The van der Waals surface area contributed by atoms with Crippen LogP contribution >= 0.6 is 84.9 Å². The second-order valence-electron chi connectivity index (χ2n) is 27.8. The molecule has 0 saturated carbocycles. The van der Waals surface area contributed by atoms with Crippen molar-refractivity contribution in [1.82, 2.24) is 44.9 Å². The van der Waals surface area contributed by atoms with Gasteiger partial charge in [-0.05, 0) is 112 Å². The lowest BCUT2D eigenvalue weighted by Gasteiger charge is -2.22. The van der Waals surface area contributed by atoms with Crippen molar-refractivity contribution >= 4 is 150 Å². The lowest BCUT2D eigenvalue weighted by atomic mass is 10.0. The molecule has 0 fully saturated rings. The average Bonchev–Trinajstić information content (AvgIpc) is 0.759. The Morgan fingerprint density at radius 3 is 0.873 bits per heavy atom. The highest BCUT2D eigenvalue weighted by molar-refractivity contribution is 8.06. The Labute approximate surface area is 707 Å². The highest BCUT2D eigenvalue weighted by Crippen LogP contribution is 2.54. The third kappa shape index (κ3) is 14.9. The molecule has 4 aromatic heterocycles. The first-order chi connectivity index (χ1) is 58.2. The van der Waals surface area contributed by atoms with E-state index in [9.17, 15) is 9.13 Å². The fourth-order valence-corrected chi connectivity index (χ4v) is 26.6. The zero-order valence-corrected chi connectivity index (χ0v) is 69.2. The van der Waals surface area contributed by atoms with E-state index in [-0.39, 0.29) is 0 Å². The monoisotopic (exact) mass is 1660 g/mol. The molecule has 0 amide bonds. The first-order valence-corrected chi connectivity index (χ1v) is 46.4. The standard InChI is InChI=1S/C35H21N5S2.2C32H21N2OPS2/c1-3-11-22(12-4-1)31-38-32(23-13-5-2-6-14-23)40-33(39-31)25-16-9-15-24(21-25)26-17-10-20-29-30(26)42-35-34(41-29)36-27-18-7-8-19-28(27)37-35;35-36(23-12-3-1-4-13-23,24-14-5-2-6-15-24)25-16-9-11-22(21-25)26-17-10-20-29-30(26)38-32-31(37-29)33-27-18-7-8-19-28(27)34-32;35-36(24-11-3-1-4-12-24,25-13-5-2-6-14-25)26-15-9-10-22(20-26)23-18-19-27-28(21-23)34-32-31(33-27)37-29-16-7-8-17-30(29)38-32/h1-21H;2*1-21H. The molecule has 118 heavy (non-hydrogen) atoms. The molecule has 562 valence electrons. The minimum atomic E-state index is -3.07. The summed E-state index contributed by atoms with van der Waals surface area (Å²) < 4.78 is 29.8. The van der Waals surface area contributed by atoms with Crippen LogP contribution in [0, 0.1) is 0 Å². The fourth-order valence-electron chi connectivity index (χ4n) is 14.6. The van der Waals surface area contributed by atoms with E-state index in [0.717, 1.165) is 155 Å². The first kappa shape index (κ1) is 74.7. The van der Waals surface area contributed by atoms with Gasteiger partial charge in [0.1, 0.15) is 30.2 Å². The van der Waals surface area contributed by atoms with Gasteiger partial charge >= 0.3 is 0 Å². The molecule has 22 rings (SSSR count). The molecular weight excluding hydrogens is 1600 g/mol. The predicted octanol–water partition coefficient (Wildman–Crippen LogP) is 24.2. The van der Waals surface area contributed by atoms with E-state index in [4.69, 9.17) is 44.9 Å². The highest BCUT2D eigenvalue weighted by Gasteiger charge is 2.33. The molecule has 3 aliphatic heterocycles. The van der Waals surface area contributed by atoms with E-state index < -0.39 is 14.3 Å². The Hall–Kier alpha value is -12.1. The molecule has 19 heteroatoms. The van der Waals surface area contributed by atoms with Crippen LogP contribution in [0.3, 0.4) is 0 Å². The summed E-state index contributed by atoms with van der Waals surface area (Å²) in [6.45, 7) is 0. The molecule has 0 spiro atoms. The summed E-state index contributed by atoms with van der Waals surface area (Å²) in [5.74, 6) is 1.94. The zero-order valence-electron chi connectivity index (χ0n) is 62.6. The molecule has 0 unspecified atom stereocenters. The Morgan fingerprint density at radius 2 is 0.449 bits per heavy atom. The Balaban J connectivity index is 0.000000114. The van der Waals surface area contributed by atoms with Gasteiger partial charge in [0, 0.05) is 77.9 Å². The van der Waals surface area contributed by atoms with Crippen LogP contribution in [0.2, 0.25) is 0 Å². The predicted molar refractivity (Wildman–Crippen MR) is 487 cm³/mol. The van der Waals surface area contributed by atoms with Gasteiger partial charge in [-0.25, -0.2) is 44.9 Å². The van der Waals surface area contributed by atoms with E-state index >= 15 is 0 Å². The number of rotatable bonds is 12. The number of para-hydroxylation sites is 4. The number of hydrogen-bond donors (Lipinski definition) is 0. The van der Waals surface area contributed by atoms with Crippen molar-refractivity contribution in [3.05, 3.63) is 382 Å². The lowest BCUT2D eigenvalue weighted by Crippen LogP contribution is -2.25. The molecule has 19 aromatic rings. The van der Waals surface area contributed by atoms with Crippen molar-refractivity contribution in [2.75, 3.05) is 0 Å². The van der Waals surface area contributed by atoms with E-state index in [1.165, 1.54) is 19.6 Å². The lowest BCUT2D eigenvalue weighted by molar-refractivity contribution is 0.591. The summed E-state index contributed by atoms with van der Waals surface area (Å²) >= 11 is 10.0. The van der Waals surface area contributed by atoms with Crippen molar-refractivity contribution < 1.29 is 9.13 Å². The van der Waals surface area contributed by atoms with Gasteiger partial charge in [-0.15, -0.1) is 0 Å². The van der Waals surface area contributed by atoms with Crippen LogP contribution in [-0.2, 0) is 9.13 Å². The molecule has 11 nitrogen and oxygen atoms in total. The highest BCUT2D eigenvalue weighted by atomic mass is 32.2. The van der Waals surface area contributed by atoms with Crippen molar-refractivity contribution in [2.45, 2.75) is 59.5 Å². The number of aromatic nitrogens is 9. The van der Waals surface area contributed by atoms with Crippen molar-refractivity contribution in [1.29, 1.82) is 0 Å². The molecular formula is C99H63N9O2P2S6. The van der Waals surface area contributed by atoms with Crippen molar-refractivity contribution in [3.63, 3.8) is 0 Å². The molecule has 0 radical (unpaired) electrons. The summed E-state index contributed by atoms with van der Waals surface area (Å²) in [7, 11) is -6.12. The molecule has 3 aliphatic rings. The minimum Gasteiger partial charge on any atom is -0.309 e. The maximum atomic E-state index is 15.0. The first-order valence-electron chi connectivity index (χ1n) is 38.1. The SMILES string of the molecule is O=P(c1ccccc1)(c1ccccc1)c1cccc(-c2ccc3nc4c(nc3c2)Sc2ccccc2S4)c1.O=P(c1ccccc1)(c1ccccc1)c1cccc(-c2cccc3c2Sc2nc4ccccc4nc2S3)c1.c1ccc(-c2nc(-c3ccccc3)nc(-c3cccc(-c4cccc5c4Sc4nc6ccccc6nc4S5)c3)n2)cc1. The van der Waals surface area contributed by atoms with Gasteiger partial charge in [-0.2, -0.15) is 0 Å². The summed E-state index contributed by atoms with van der Waals surface area (Å²) in [5.41, 5.74) is 14.6. The van der Waals surface area contributed by atoms with E-state index in [2.05, 4.69) is 121 Å². The Kier molecular flexibility index (Phi) is 20.7. The van der Waals surface area contributed by atoms with Gasteiger partial charge in [-0.1, -0.05) is 374 Å². The van der Waals surface area contributed by atoms with Crippen LogP contribution in [0.5, 0.6) is 0 Å². The molecule has 0 N–H and O–H groups in total. The number of benzene rings is 15. The van der Waals surface area contributed by atoms with Gasteiger partial charge in [0.05, 0.1) is 33.1 Å². The maximum Gasteiger partial charge on any atom is 0.171 e. The topological polar surface area (TPSA) is 150 Å². The molecule has 0 aliphatic carbocycles. The third-order valence-electron chi connectivity index (χ3n) is 20.3. The molecule has 0 bridgehead atoms. The van der Waals surface area contributed by atoms with Crippen LogP contribution < -0.4 is 31.8 Å². The molecule has 0 atom stereocenters. The molecule has 15 aromatic carbocycles. The fraction of sp³-hybridized carbons (Fsp3) is 0. The summed E-state index contributed by atoms with van der Waals surface area (Å²) in [6, 6.07) is 127. The largest absolute Gasteiger partial charge is 0.309 e. The van der Waals surface area contributed by atoms with E-state index in [1.807, 2.05) is 261 Å². The van der Waals surface area contributed by atoms with Gasteiger partial charge in [-0.3, -0.25) is 0 Å². The normalized spacial score (nSPS) is 12.4. The number of hydrogen-bond acceptors (Lipinski definition) is 17. The van der Waals surface area contributed by atoms with Gasteiger partial charge in [0.2, 0.25) is 0 Å². The van der Waals surface area contributed by atoms with Gasteiger partial charge < -0.3 is 9.13 Å². The molecule has 0 saturated heterocycles. The van der Waals surface area contributed by atoms with Crippen LogP contribution in [0.1, 0.15) is 0 Å². The summed E-state index contributed by atoms with van der Waals surface area (Å²) in [5, 5.41) is 10.6. The van der Waals surface area contributed by atoms with Crippen LogP contribution in [0.25, 0.3) is 101 Å².